The molecule has 0 saturated heterocycles. The Kier molecular flexibility index (Phi) is 6.94. The Morgan fingerprint density at radius 3 is 2.73 bits per heavy atom. The van der Waals surface area contributed by atoms with Gasteiger partial charge in [0.2, 0.25) is 11.8 Å². The number of ether oxygens (including phenoxy) is 4. The number of carbonyl (C=O) groups excluding carboxylic acids is 1. The van der Waals surface area contributed by atoms with E-state index in [4.69, 9.17) is 24.2 Å². The molecule has 0 radical (unpaired) electrons. The summed E-state index contributed by atoms with van der Waals surface area (Å²) in [7, 11) is 1.63. The molecule has 1 aromatic heterocycles. The molecule has 7 nitrogen and oxygen atoms in total. The molecule has 1 aromatic carbocycles. The number of pyridine rings is 1. The van der Waals surface area contributed by atoms with Gasteiger partial charge in [-0.05, 0) is 36.2 Å². The van der Waals surface area contributed by atoms with Crippen molar-refractivity contribution in [1.29, 1.82) is 5.26 Å². The van der Waals surface area contributed by atoms with Crippen molar-refractivity contribution in [3.8, 4) is 23.6 Å². The molecule has 136 valence electrons. The van der Waals surface area contributed by atoms with E-state index in [0.717, 1.165) is 11.1 Å². The van der Waals surface area contributed by atoms with Crippen LogP contribution in [0.5, 0.6) is 17.5 Å². The van der Waals surface area contributed by atoms with Gasteiger partial charge in [-0.2, -0.15) is 10.2 Å². The Bertz CT molecular complexity index is 814. The summed E-state index contributed by atoms with van der Waals surface area (Å²) < 4.78 is 21.2. The average molecular weight is 356 g/mol. The first-order valence-corrected chi connectivity index (χ1v) is 7.97. The van der Waals surface area contributed by atoms with Crippen LogP contribution in [0.25, 0.3) is 0 Å². The first-order valence-electron chi connectivity index (χ1n) is 7.97. The Balaban J connectivity index is 2.12. The molecule has 0 amide bonds. The van der Waals surface area contributed by atoms with Gasteiger partial charge in [0.05, 0.1) is 6.61 Å². The highest BCUT2D eigenvalue weighted by Gasteiger charge is 2.10. The summed E-state index contributed by atoms with van der Waals surface area (Å²) in [5.74, 6) is 0.621. The summed E-state index contributed by atoms with van der Waals surface area (Å²) >= 11 is 0. The van der Waals surface area contributed by atoms with Crippen LogP contribution >= 0.6 is 0 Å². The maximum Gasteiger partial charge on any atom is 0.302 e. The van der Waals surface area contributed by atoms with Crippen molar-refractivity contribution in [1.82, 2.24) is 4.98 Å². The molecule has 0 aliphatic rings. The minimum atomic E-state index is -0.398. The van der Waals surface area contributed by atoms with Gasteiger partial charge < -0.3 is 18.9 Å². The Hall–Kier alpha value is -3.11. The number of rotatable bonds is 8. The number of benzene rings is 1. The van der Waals surface area contributed by atoms with Crippen LogP contribution < -0.4 is 9.47 Å². The van der Waals surface area contributed by atoms with Crippen molar-refractivity contribution in [3.63, 3.8) is 0 Å². The zero-order valence-corrected chi connectivity index (χ0v) is 14.9. The van der Waals surface area contributed by atoms with Crippen molar-refractivity contribution in [2.45, 2.75) is 20.5 Å². The number of aryl methyl sites for hydroxylation is 1. The van der Waals surface area contributed by atoms with Gasteiger partial charge in [-0.3, -0.25) is 4.79 Å². The molecular weight excluding hydrogens is 336 g/mol. The molecule has 26 heavy (non-hydrogen) atoms. The van der Waals surface area contributed by atoms with Crippen molar-refractivity contribution >= 4 is 5.97 Å². The van der Waals surface area contributed by atoms with Crippen molar-refractivity contribution in [2.24, 2.45) is 0 Å². The van der Waals surface area contributed by atoms with Gasteiger partial charge in [-0.15, -0.1) is 0 Å². The van der Waals surface area contributed by atoms with Crippen molar-refractivity contribution in [2.75, 3.05) is 20.3 Å². The summed E-state index contributed by atoms with van der Waals surface area (Å²) in [6.07, 6.45) is 0. The van der Waals surface area contributed by atoms with E-state index in [-0.39, 0.29) is 24.7 Å². The number of nitriles is 1. The lowest BCUT2D eigenvalue weighted by atomic mass is 10.1. The molecule has 0 bridgehead atoms. The van der Waals surface area contributed by atoms with E-state index in [0.29, 0.717) is 18.2 Å². The average Bonchev–Trinajstić information content (AvgIpc) is 2.62. The van der Waals surface area contributed by atoms with Crippen LogP contribution in [0.3, 0.4) is 0 Å². The third-order valence-electron chi connectivity index (χ3n) is 3.43. The highest BCUT2D eigenvalue weighted by molar-refractivity contribution is 5.65. The van der Waals surface area contributed by atoms with E-state index in [1.165, 1.54) is 6.92 Å². The Labute approximate surface area is 152 Å². The van der Waals surface area contributed by atoms with Crippen LogP contribution in [-0.4, -0.2) is 31.3 Å². The molecule has 0 saturated carbocycles. The van der Waals surface area contributed by atoms with E-state index >= 15 is 0 Å². The fraction of sp³-hybridized carbons (Fsp3) is 0.316. The quantitative estimate of drug-likeness (QED) is 0.530. The second kappa shape index (κ2) is 9.39. The number of carbonyl (C=O) groups is 1. The van der Waals surface area contributed by atoms with Crippen LogP contribution in [0, 0.1) is 18.3 Å². The monoisotopic (exact) mass is 356 g/mol. The molecule has 0 atom stereocenters. The van der Waals surface area contributed by atoms with E-state index in [2.05, 4.69) is 4.98 Å². The van der Waals surface area contributed by atoms with Crippen molar-refractivity contribution in [3.05, 3.63) is 47.0 Å². The van der Waals surface area contributed by atoms with Gasteiger partial charge in [-0.25, -0.2) is 0 Å². The van der Waals surface area contributed by atoms with Crippen LogP contribution in [0.15, 0.2) is 30.3 Å². The fourth-order valence-electron chi connectivity index (χ4n) is 2.14. The van der Waals surface area contributed by atoms with E-state index in [1.54, 1.807) is 19.2 Å². The van der Waals surface area contributed by atoms with Crippen molar-refractivity contribution < 1.29 is 23.7 Å². The number of aromatic nitrogens is 1. The highest BCUT2D eigenvalue weighted by Crippen LogP contribution is 2.26. The summed E-state index contributed by atoms with van der Waals surface area (Å²) in [6, 6.07) is 10.8. The lowest BCUT2D eigenvalue weighted by Crippen LogP contribution is -2.11. The van der Waals surface area contributed by atoms with E-state index in [1.807, 2.05) is 31.2 Å². The fourth-order valence-corrected chi connectivity index (χ4v) is 2.14. The number of nitrogens with zero attached hydrogens (tertiary/aromatic N) is 2. The lowest BCUT2D eigenvalue weighted by molar-refractivity contribution is -0.141. The van der Waals surface area contributed by atoms with Crippen LogP contribution in [0.2, 0.25) is 0 Å². The molecule has 1 heterocycles. The zero-order valence-electron chi connectivity index (χ0n) is 14.9. The number of hydrogen-bond acceptors (Lipinski definition) is 7. The molecule has 0 fully saturated rings. The number of esters is 1. The number of methoxy groups -OCH3 is 1. The predicted octanol–water partition coefficient (Wildman–Crippen LogP) is 3.14. The lowest BCUT2D eigenvalue weighted by Gasteiger charge is -2.11. The molecule has 0 aliphatic heterocycles. The summed E-state index contributed by atoms with van der Waals surface area (Å²) in [5.41, 5.74) is 2.38. The van der Waals surface area contributed by atoms with Crippen LogP contribution in [0.1, 0.15) is 23.6 Å². The third kappa shape index (κ3) is 5.46. The molecular formula is C19H20N2O5. The van der Waals surface area contributed by atoms with E-state index < -0.39 is 5.97 Å². The first-order chi connectivity index (χ1) is 12.5. The van der Waals surface area contributed by atoms with Crippen LogP contribution in [-0.2, 0) is 20.9 Å². The van der Waals surface area contributed by atoms with Gasteiger partial charge in [0.1, 0.15) is 30.6 Å². The normalized spacial score (nSPS) is 10.1. The topological polar surface area (TPSA) is 90.7 Å². The largest absolute Gasteiger partial charge is 0.473 e. The molecule has 0 N–H and O–H groups in total. The van der Waals surface area contributed by atoms with Gasteiger partial charge in [0.15, 0.2) is 0 Å². The van der Waals surface area contributed by atoms with Gasteiger partial charge in [-0.1, -0.05) is 6.07 Å². The number of hydrogen-bond donors (Lipinski definition) is 0. The standard InChI is InChI=1S/C19H20N2O5/c1-13-4-6-17(10-16(13)12-23-3)26-18-7-5-15(11-20)19(21-18)25-9-8-24-14(2)22/h4-7,10H,8-9,12H2,1-3H3. The maximum absolute atomic E-state index is 10.8. The Morgan fingerprint density at radius 1 is 1.23 bits per heavy atom. The minimum Gasteiger partial charge on any atom is -0.473 e. The molecule has 0 aliphatic carbocycles. The summed E-state index contributed by atoms with van der Waals surface area (Å²) in [5, 5.41) is 9.16. The van der Waals surface area contributed by atoms with Crippen LogP contribution in [0.4, 0.5) is 0 Å². The smallest absolute Gasteiger partial charge is 0.302 e. The van der Waals surface area contributed by atoms with Gasteiger partial charge in [0.25, 0.3) is 0 Å². The van der Waals surface area contributed by atoms with Gasteiger partial charge >= 0.3 is 5.97 Å². The first kappa shape index (κ1) is 19.2. The second-order valence-electron chi connectivity index (χ2n) is 5.43. The Morgan fingerprint density at radius 2 is 2.04 bits per heavy atom. The maximum atomic E-state index is 10.8. The van der Waals surface area contributed by atoms with Gasteiger partial charge in [0, 0.05) is 20.1 Å². The molecule has 0 unspecified atom stereocenters. The van der Waals surface area contributed by atoms with E-state index in [9.17, 15) is 4.79 Å². The third-order valence-corrected chi connectivity index (χ3v) is 3.43. The molecule has 7 heteroatoms. The SMILES string of the molecule is COCc1cc(Oc2ccc(C#N)c(OCCOC(C)=O)n2)ccc1C. The molecule has 2 aromatic rings. The predicted molar refractivity (Wildman–Crippen MR) is 93.0 cm³/mol. The zero-order chi connectivity index (χ0) is 18.9. The molecule has 0 spiro atoms. The summed E-state index contributed by atoms with van der Waals surface area (Å²) in [4.78, 5) is 15.0. The molecule has 2 rings (SSSR count). The minimum absolute atomic E-state index is 0.0747. The summed E-state index contributed by atoms with van der Waals surface area (Å²) in [6.45, 7) is 3.95. The second-order valence-corrected chi connectivity index (χ2v) is 5.43. The highest BCUT2D eigenvalue weighted by atomic mass is 16.6.